The van der Waals surface area contributed by atoms with Gasteiger partial charge in [0.05, 0.1) is 15.6 Å². The molecule has 6 nitrogen and oxygen atoms in total. The summed E-state index contributed by atoms with van der Waals surface area (Å²) < 4.78 is 18.2. The lowest BCUT2D eigenvalue weighted by Gasteiger charge is -2.09. The first kappa shape index (κ1) is 19.7. The second-order valence-corrected chi connectivity index (χ2v) is 5.84. The van der Waals surface area contributed by atoms with E-state index in [4.69, 9.17) is 27.9 Å². The fraction of sp³-hybridized carbons (Fsp3) is 0.118. The monoisotopic (exact) mass is 398 g/mol. The van der Waals surface area contributed by atoms with Crippen molar-refractivity contribution in [2.24, 2.45) is 0 Å². The Morgan fingerprint density at radius 2 is 1.85 bits per heavy atom. The van der Waals surface area contributed by atoms with Gasteiger partial charge in [-0.2, -0.15) is 0 Å². The molecule has 0 aromatic heterocycles. The zero-order valence-corrected chi connectivity index (χ0v) is 14.9. The Bertz CT molecular complexity index is 874. The Kier molecular flexibility index (Phi) is 6.54. The summed E-state index contributed by atoms with van der Waals surface area (Å²) in [7, 11) is 1.48. The van der Waals surface area contributed by atoms with Crippen molar-refractivity contribution in [2.45, 2.75) is 0 Å². The molecule has 0 bridgehead atoms. The van der Waals surface area contributed by atoms with Crippen LogP contribution in [0.3, 0.4) is 0 Å². The quantitative estimate of drug-likeness (QED) is 0.597. The second kappa shape index (κ2) is 8.64. The van der Waals surface area contributed by atoms with Crippen LogP contribution in [0, 0.1) is 5.82 Å². The van der Waals surface area contributed by atoms with E-state index in [1.165, 1.54) is 13.1 Å². The molecule has 0 heterocycles. The van der Waals surface area contributed by atoms with Gasteiger partial charge in [-0.3, -0.25) is 9.59 Å². The molecular weight excluding hydrogens is 386 g/mol. The Morgan fingerprint density at radius 1 is 1.12 bits per heavy atom. The zero-order valence-electron chi connectivity index (χ0n) is 13.4. The third-order valence-electron chi connectivity index (χ3n) is 3.20. The van der Waals surface area contributed by atoms with Crippen LogP contribution in [0.25, 0.3) is 0 Å². The zero-order chi connectivity index (χ0) is 19.3. The summed E-state index contributed by atoms with van der Waals surface area (Å²) in [4.78, 5) is 35.4. The van der Waals surface area contributed by atoms with Crippen LogP contribution in [-0.2, 0) is 9.53 Å². The molecule has 26 heavy (non-hydrogen) atoms. The fourth-order valence-corrected chi connectivity index (χ4v) is 2.43. The van der Waals surface area contributed by atoms with E-state index in [9.17, 15) is 18.8 Å². The first-order valence-electron chi connectivity index (χ1n) is 7.25. The van der Waals surface area contributed by atoms with E-state index in [1.807, 2.05) is 0 Å². The van der Waals surface area contributed by atoms with E-state index < -0.39 is 24.3 Å². The highest BCUT2D eigenvalue weighted by Gasteiger charge is 2.17. The van der Waals surface area contributed by atoms with Gasteiger partial charge >= 0.3 is 5.97 Å². The minimum Gasteiger partial charge on any atom is -0.452 e. The van der Waals surface area contributed by atoms with Gasteiger partial charge in [0.2, 0.25) is 0 Å². The molecule has 0 radical (unpaired) electrons. The maximum atomic E-state index is 13.4. The van der Waals surface area contributed by atoms with Gasteiger partial charge in [-0.1, -0.05) is 29.3 Å². The number of rotatable bonds is 5. The molecule has 0 aliphatic rings. The average molecular weight is 399 g/mol. The smallest absolute Gasteiger partial charge is 0.340 e. The molecule has 2 amide bonds. The van der Waals surface area contributed by atoms with Gasteiger partial charge in [-0.15, -0.1) is 0 Å². The molecule has 9 heteroatoms. The summed E-state index contributed by atoms with van der Waals surface area (Å²) in [6.45, 7) is -0.621. The molecule has 0 unspecified atom stereocenters. The number of ether oxygens (including phenoxy) is 1. The predicted molar refractivity (Wildman–Crippen MR) is 95.2 cm³/mol. The Balaban J connectivity index is 1.98. The Labute approximate surface area is 158 Å². The number of hydrogen-bond acceptors (Lipinski definition) is 4. The van der Waals surface area contributed by atoms with E-state index in [2.05, 4.69) is 10.6 Å². The average Bonchev–Trinajstić information content (AvgIpc) is 2.62. The third kappa shape index (κ3) is 4.93. The lowest BCUT2D eigenvalue weighted by atomic mass is 10.2. The topological polar surface area (TPSA) is 84.5 Å². The predicted octanol–water partition coefficient (Wildman–Crippen LogP) is 3.29. The summed E-state index contributed by atoms with van der Waals surface area (Å²) >= 11 is 11.4. The van der Waals surface area contributed by atoms with Crippen LogP contribution in [0.15, 0.2) is 36.4 Å². The van der Waals surface area contributed by atoms with E-state index in [0.717, 1.165) is 12.1 Å². The molecule has 0 aliphatic heterocycles. The third-order valence-corrected chi connectivity index (χ3v) is 3.80. The normalized spacial score (nSPS) is 10.2. The summed E-state index contributed by atoms with van der Waals surface area (Å²) in [6.07, 6.45) is 0. The highest BCUT2D eigenvalue weighted by Crippen LogP contribution is 2.24. The number of esters is 1. The van der Waals surface area contributed by atoms with Gasteiger partial charge < -0.3 is 15.4 Å². The number of carbonyl (C=O) groups is 3. The number of benzene rings is 2. The van der Waals surface area contributed by atoms with Gasteiger partial charge in [-0.05, 0) is 30.3 Å². The van der Waals surface area contributed by atoms with E-state index in [-0.39, 0.29) is 21.5 Å². The van der Waals surface area contributed by atoms with Gasteiger partial charge in [-0.25, -0.2) is 9.18 Å². The molecule has 0 saturated heterocycles. The van der Waals surface area contributed by atoms with Crippen molar-refractivity contribution in [3.05, 3.63) is 63.4 Å². The number of hydrogen-bond donors (Lipinski definition) is 2. The first-order valence-corrected chi connectivity index (χ1v) is 8.01. The molecule has 0 spiro atoms. The standard InChI is InChI=1S/C17H13Cl2FN2O4/c1-21-16(24)9-3-2-4-10(5-9)22-15(23)8-26-17(25)11-6-14(20)13(19)7-12(11)18/h2-7H,8H2,1H3,(H,21,24)(H,22,23). The summed E-state index contributed by atoms with van der Waals surface area (Å²) in [6, 6.07) is 8.09. The molecule has 2 N–H and O–H groups in total. The number of amides is 2. The number of anilines is 1. The highest BCUT2D eigenvalue weighted by molar-refractivity contribution is 6.36. The van der Waals surface area contributed by atoms with Crippen molar-refractivity contribution < 1.29 is 23.5 Å². The molecule has 136 valence electrons. The van der Waals surface area contributed by atoms with E-state index in [1.54, 1.807) is 18.2 Å². The van der Waals surface area contributed by atoms with Gasteiger partial charge in [0.15, 0.2) is 6.61 Å². The maximum Gasteiger partial charge on any atom is 0.340 e. The van der Waals surface area contributed by atoms with Gasteiger partial charge in [0, 0.05) is 18.3 Å². The van der Waals surface area contributed by atoms with Crippen molar-refractivity contribution in [3.63, 3.8) is 0 Å². The SMILES string of the molecule is CNC(=O)c1cccc(NC(=O)COC(=O)c2cc(F)c(Cl)cc2Cl)c1. The molecule has 0 fully saturated rings. The summed E-state index contributed by atoms with van der Waals surface area (Å²) in [5.41, 5.74) is 0.455. The lowest BCUT2D eigenvalue weighted by molar-refractivity contribution is -0.119. The van der Waals surface area contributed by atoms with Crippen LogP contribution < -0.4 is 10.6 Å². The summed E-state index contributed by atoms with van der Waals surface area (Å²) in [5, 5.41) is 4.61. The maximum absolute atomic E-state index is 13.4. The summed E-state index contributed by atoms with van der Waals surface area (Å²) in [5.74, 6) is -2.76. The van der Waals surface area contributed by atoms with E-state index in [0.29, 0.717) is 11.3 Å². The minimum absolute atomic E-state index is 0.0971. The van der Waals surface area contributed by atoms with Crippen LogP contribution in [0.1, 0.15) is 20.7 Å². The molecule has 0 aliphatic carbocycles. The highest BCUT2D eigenvalue weighted by atomic mass is 35.5. The molecule has 0 saturated carbocycles. The molecular formula is C17H13Cl2FN2O4. The van der Waals surface area contributed by atoms with Crippen LogP contribution in [0.2, 0.25) is 10.0 Å². The second-order valence-electron chi connectivity index (χ2n) is 5.03. The van der Waals surface area contributed by atoms with Crippen molar-refractivity contribution in [3.8, 4) is 0 Å². The van der Waals surface area contributed by atoms with Gasteiger partial charge in [0.1, 0.15) is 5.82 Å². The van der Waals surface area contributed by atoms with Gasteiger partial charge in [0.25, 0.3) is 11.8 Å². The van der Waals surface area contributed by atoms with Crippen LogP contribution in [0.4, 0.5) is 10.1 Å². The first-order chi connectivity index (χ1) is 12.3. The van der Waals surface area contributed by atoms with E-state index >= 15 is 0 Å². The van der Waals surface area contributed by atoms with Crippen LogP contribution in [-0.4, -0.2) is 31.4 Å². The molecule has 2 aromatic carbocycles. The van der Waals surface area contributed by atoms with Crippen LogP contribution in [0.5, 0.6) is 0 Å². The van der Waals surface area contributed by atoms with Crippen molar-refractivity contribution in [2.75, 3.05) is 19.0 Å². The van der Waals surface area contributed by atoms with Crippen molar-refractivity contribution in [1.29, 1.82) is 0 Å². The lowest BCUT2D eigenvalue weighted by Crippen LogP contribution is -2.22. The Hall–Kier alpha value is -2.64. The minimum atomic E-state index is -0.972. The molecule has 0 atom stereocenters. The number of nitrogens with one attached hydrogen (secondary N) is 2. The Morgan fingerprint density at radius 3 is 2.54 bits per heavy atom. The van der Waals surface area contributed by atoms with Crippen molar-refractivity contribution in [1.82, 2.24) is 5.32 Å². The van der Waals surface area contributed by atoms with Crippen LogP contribution >= 0.6 is 23.2 Å². The number of carbonyl (C=O) groups excluding carboxylic acids is 3. The fourth-order valence-electron chi connectivity index (χ4n) is 1.97. The largest absolute Gasteiger partial charge is 0.452 e. The molecule has 2 aromatic rings. The van der Waals surface area contributed by atoms with Crippen molar-refractivity contribution >= 4 is 46.7 Å². The molecule has 2 rings (SSSR count). The number of halogens is 3.